The zero-order chi connectivity index (χ0) is 32.2. The fraction of sp³-hybridized carbons (Fsp3) is 0.424. The van der Waals surface area contributed by atoms with Gasteiger partial charge in [-0.05, 0) is 75.8 Å². The van der Waals surface area contributed by atoms with Crippen LogP contribution >= 0.6 is 11.5 Å². The Labute approximate surface area is 269 Å². The Kier molecular flexibility index (Phi) is 12.3. The van der Waals surface area contributed by atoms with Crippen molar-refractivity contribution in [1.29, 1.82) is 0 Å². The van der Waals surface area contributed by atoms with Crippen LogP contribution in [-0.2, 0) is 24.4 Å². The lowest BCUT2D eigenvalue weighted by Crippen LogP contribution is -2.33. The van der Waals surface area contributed by atoms with Crippen LogP contribution in [0.2, 0.25) is 0 Å². The number of carbonyl (C=O) groups is 1. The second-order valence-corrected chi connectivity index (χ2v) is 11.8. The van der Waals surface area contributed by atoms with Gasteiger partial charge in [0.15, 0.2) is 11.3 Å². The second-order valence-electron chi connectivity index (χ2n) is 11.0. The Morgan fingerprint density at radius 1 is 1.27 bits per heavy atom. The number of amides is 1. The van der Waals surface area contributed by atoms with Crippen molar-refractivity contribution in [1.82, 2.24) is 28.6 Å². The third-order valence-electron chi connectivity index (χ3n) is 7.08. The van der Waals surface area contributed by atoms with Crippen LogP contribution in [0.15, 0.2) is 53.9 Å². The summed E-state index contributed by atoms with van der Waals surface area (Å²) in [5.41, 5.74) is 4.27. The van der Waals surface area contributed by atoms with E-state index < -0.39 is 0 Å². The molecule has 0 aliphatic carbocycles. The summed E-state index contributed by atoms with van der Waals surface area (Å²) in [7, 11) is 1.58. The predicted octanol–water partition coefficient (Wildman–Crippen LogP) is 5.08. The molecule has 1 unspecified atom stereocenters. The van der Waals surface area contributed by atoms with E-state index in [4.69, 9.17) is 19.1 Å². The van der Waals surface area contributed by atoms with Gasteiger partial charge in [0, 0.05) is 37.6 Å². The van der Waals surface area contributed by atoms with E-state index in [1.165, 1.54) is 24.4 Å². The molecular weight excluding hydrogens is 586 g/mol. The van der Waals surface area contributed by atoms with Gasteiger partial charge in [-0.25, -0.2) is 4.98 Å². The summed E-state index contributed by atoms with van der Waals surface area (Å²) in [6.07, 6.45) is 12.8. The maximum absolute atomic E-state index is 12.7. The van der Waals surface area contributed by atoms with Crippen molar-refractivity contribution >= 4 is 33.9 Å². The van der Waals surface area contributed by atoms with E-state index >= 15 is 0 Å². The van der Waals surface area contributed by atoms with Crippen molar-refractivity contribution in [2.45, 2.75) is 60.2 Å². The average molecular weight is 630 g/mol. The molecule has 1 saturated heterocycles. The molecule has 1 aliphatic heterocycles. The Hall–Kier alpha value is -4.47. The number of methoxy groups -OCH3 is 1. The maximum atomic E-state index is 12.7. The molecule has 12 heteroatoms. The van der Waals surface area contributed by atoms with Crippen molar-refractivity contribution in [3.05, 3.63) is 71.4 Å². The van der Waals surface area contributed by atoms with Crippen LogP contribution in [-0.4, -0.2) is 61.3 Å². The van der Waals surface area contributed by atoms with Crippen molar-refractivity contribution in [2.24, 2.45) is 10.9 Å². The Morgan fingerprint density at radius 3 is 2.82 bits per heavy atom. The molecule has 5 rings (SSSR count). The summed E-state index contributed by atoms with van der Waals surface area (Å²) in [5, 5.41) is 11.7. The number of hydrogen-bond acceptors (Lipinski definition) is 9. The first kappa shape index (κ1) is 33.4. The smallest absolute Gasteiger partial charge is 0.246 e. The fourth-order valence-corrected chi connectivity index (χ4v) is 5.93. The number of carbonyl (C=O) groups excluding carboxylic acids is 1. The van der Waals surface area contributed by atoms with Crippen LogP contribution in [0.4, 0.5) is 16.5 Å². The van der Waals surface area contributed by atoms with Gasteiger partial charge < -0.3 is 19.9 Å². The number of likely N-dealkylation sites (tertiary alicyclic amines) is 1. The normalized spacial score (nSPS) is 15.1. The molecule has 1 amide bonds. The Bertz CT molecular complexity index is 1670. The van der Waals surface area contributed by atoms with Crippen LogP contribution < -0.4 is 20.9 Å². The first-order valence-corrected chi connectivity index (χ1v) is 15.9. The molecule has 2 N–H and O–H groups in total. The van der Waals surface area contributed by atoms with Crippen molar-refractivity contribution < 1.29 is 9.53 Å². The first-order chi connectivity index (χ1) is 21.8. The van der Waals surface area contributed by atoms with E-state index in [1.54, 1.807) is 31.0 Å². The Balaban J connectivity index is 0.00000148. The minimum atomic E-state index is -0.187. The van der Waals surface area contributed by atoms with Crippen LogP contribution in [0.5, 0.6) is 5.75 Å². The van der Waals surface area contributed by atoms with Gasteiger partial charge in [0.1, 0.15) is 17.3 Å². The summed E-state index contributed by atoms with van der Waals surface area (Å²) in [6, 6.07) is 9.44. The molecule has 0 radical (unpaired) electrons. The van der Waals surface area contributed by atoms with Gasteiger partial charge in [0.2, 0.25) is 5.91 Å². The number of benzene rings is 1. The predicted molar refractivity (Wildman–Crippen MR) is 180 cm³/mol. The van der Waals surface area contributed by atoms with Gasteiger partial charge in [-0.15, -0.1) is 12.3 Å². The quantitative estimate of drug-likeness (QED) is 0.223. The highest BCUT2D eigenvalue weighted by molar-refractivity contribution is 7.10. The van der Waals surface area contributed by atoms with Crippen LogP contribution in [0.1, 0.15) is 50.6 Å². The summed E-state index contributed by atoms with van der Waals surface area (Å²) in [6.45, 7) is 12.3. The highest BCUT2D eigenvalue weighted by atomic mass is 32.1. The molecule has 1 atom stereocenters. The fourth-order valence-electron chi connectivity index (χ4n) is 5.28. The van der Waals surface area contributed by atoms with Crippen LogP contribution in [0.25, 0.3) is 0 Å². The van der Waals surface area contributed by atoms with Gasteiger partial charge in [0.25, 0.3) is 0 Å². The van der Waals surface area contributed by atoms with Gasteiger partial charge in [0.05, 0.1) is 36.9 Å². The lowest BCUT2D eigenvalue weighted by molar-refractivity contribution is -0.116. The molecule has 238 valence electrons. The minimum Gasteiger partial charge on any atom is -0.495 e. The largest absolute Gasteiger partial charge is 0.495 e. The molecule has 1 aromatic carbocycles. The minimum absolute atomic E-state index is 0.0845. The Morgan fingerprint density at radius 2 is 2.07 bits per heavy atom. The number of aryl methyl sites for hydroxylation is 1. The first-order valence-electron chi connectivity index (χ1n) is 15.2. The number of aromatic nitrogens is 5. The summed E-state index contributed by atoms with van der Waals surface area (Å²) in [5.74, 6) is 4.11. The molecule has 1 aliphatic rings. The number of anilines is 3. The lowest BCUT2D eigenvalue weighted by Gasteiger charge is -2.30. The van der Waals surface area contributed by atoms with Gasteiger partial charge >= 0.3 is 0 Å². The van der Waals surface area contributed by atoms with Crippen molar-refractivity contribution in [2.75, 3.05) is 37.4 Å². The van der Waals surface area contributed by atoms with Gasteiger partial charge in [-0.2, -0.15) is 9.47 Å². The molecule has 45 heavy (non-hydrogen) atoms. The van der Waals surface area contributed by atoms with Crippen molar-refractivity contribution in [3.63, 3.8) is 0 Å². The van der Waals surface area contributed by atoms with Crippen LogP contribution in [0.3, 0.4) is 0 Å². The average Bonchev–Trinajstić information content (AvgIpc) is 3.64. The second kappa shape index (κ2) is 16.6. The number of nitrogens with zero attached hydrogens (tertiary/aromatic N) is 7. The summed E-state index contributed by atoms with van der Waals surface area (Å²) < 4.78 is 13.7. The molecule has 1 fully saturated rings. The van der Waals surface area contributed by atoms with E-state index in [2.05, 4.69) is 50.5 Å². The SMILES string of the molecule is C#CC.CCN=c1c(Nc2cc(CN3CCCC(C)C3)ns2)nc(C)cn1Cc1cnn(CC(=O)Nc2ccccc2OC)c1. The monoisotopic (exact) mass is 629 g/mol. The summed E-state index contributed by atoms with van der Waals surface area (Å²) in [4.78, 5) is 24.7. The number of nitrogens with one attached hydrogen (secondary N) is 2. The number of terminal acetylenes is 1. The molecular formula is C33H43N9O2S. The third-order valence-corrected chi connectivity index (χ3v) is 7.82. The zero-order valence-corrected chi connectivity index (χ0v) is 27.6. The molecule has 3 aromatic heterocycles. The standard InChI is InChI=1S/C30H39N9O2S.C3H4/c1-5-31-30-29(35-28-13-24(36-42-28)19-37-12-8-9-21(2)15-37)33-22(3)16-38(30)17-23-14-32-39(18-23)20-27(40)34-25-10-6-7-11-26(25)41-4;1-3-2/h6-7,10-11,13-14,16,18,21H,5,8-9,12,15,17,19-20H2,1-4H3,(H,33,35)(H,34,40);1H,2H3. The topological polar surface area (TPSA) is 114 Å². The van der Waals surface area contributed by atoms with Crippen LogP contribution in [0, 0.1) is 25.2 Å². The van der Waals surface area contributed by atoms with E-state index in [1.807, 2.05) is 44.4 Å². The third kappa shape index (κ3) is 9.76. The number of para-hydroxylation sites is 2. The summed E-state index contributed by atoms with van der Waals surface area (Å²) >= 11 is 1.45. The van der Waals surface area contributed by atoms with Gasteiger partial charge in [-0.1, -0.05) is 19.1 Å². The molecule has 4 heterocycles. The number of ether oxygens (including phenoxy) is 1. The molecule has 11 nitrogen and oxygen atoms in total. The number of hydrogen-bond donors (Lipinski definition) is 2. The van der Waals surface area contributed by atoms with E-state index in [0.29, 0.717) is 30.3 Å². The zero-order valence-electron chi connectivity index (χ0n) is 26.8. The maximum Gasteiger partial charge on any atom is 0.246 e. The van der Waals surface area contributed by atoms with Crippen molar-refractivity contribution in [3.8, 4) is 18.1 Å². The van der Waals surface area contributed by atoms with Gasteiger partial charge in [-0.3, -0.25) is 19.4 Å². The van der Waals surface area contributed by atoms with E-state index in [9.17, 15) is 4.79 Å². The lowest BCUT2D eigenvalue weighted by atomic mass is 10.0. The van der Waals surface area contributed by atoms with E-state index in [0.717, 1.165) is 53.0 Å². The van der Waals surface area contributed by atoms with E-state index in [-0.39, 0.29) is 12.5 Å². The molecule has 0 spiro atoms. The molecule has 0 bridgehead atoms. The molecule has 4 aromatic rings. The number of piperidine rings is 1. The molecule has 0 saturated carbocycles. The highest BCUT2D eigenvalue weighted by Gasteiger charge is 2.18. The highest BCUT2D eigenvalue weighted by Crippen LogP contribution is 2.24. The number of rotatable bonds is 11.